The van der Waals surface area contributed by atoms with Crippen molar-refractivity contribution in [2.24, 2.45) is 5.92 Å². The van der Waals surface area contributed by atoms with Gasteiger partial charge < -0.3 is 14.4 Å². The van der Waals surface area contributed by atoms with Crippen LogP contribution in [-0.2, 0) is 14.3 Å². The molecule has 6 heteroatoms. The molecular formula is C21H21NO5. The van der Waals surface area contributed by atoms with Gasteiger partial charge in [0.2, 0.25) is 5.91 Å². The van der Waals surface area contributed by atoms with E-state index < -0.39 is 11.9 Å². The summed E-state index contributed by atoms with van der Waals surface area (Å²) in [6.45, 7) is 1.87. The van der Waals surface area contributed by atoms with Crippen LogP contribution in [0.2, 0.25) is 0 Å². The Bertz CT molecular complexity index is 859. The molecule has 1 amide bonds. The topological polar surface area (TPSA) is 72.9 Å². The van der Waals surface area contributed by atoms with E-state index in [2.05, 4.69) is 0 Å². The number of Topliss-reactive ketones (excluding diaryl/α,β-unsaturated/α-hetero) is 1. The van der Waals surface area contributed by atoms with Crippen LogP contribution >= 0.6 is 0 Å². The van der Waals surface area contributed by atoms with E-state index in [0.717, 1.165) is 11.3 Å². The number of amides is 1. The fourth-order valence-electron chi connectivity index (χ4n) is 2.97. The lowest BCUT2D eigenvalue weighted by Gasteiger charge is -2.16. The van der Waals surface area contributed by atoms with Crippen molar-refractivity contribution in [3.63, 3.8) is 0 Å². The van der Waals surface area contributed by atoms with E-state index in [1.165, 1.54) is 7.11 Å². The Morgan fingerprint density at radius 2 is 1.89 bits per heavy atom. The average molecular weight is 367 g/mol. The van der Waals surface area contributed by atoms with E-state index in [1.807, 2.05) is 31.2 Å². The standard InChI is InChI=1S/C21H21NO5/c1-14-6-8-17(9-7-14)22-12-16(11-20(22)24)21(25)27-13-19(23)15-4-3-5-18(10-15)26-2/h3-10,16H,11-13H2,1-2H3/t16-/m0/s1. The summed E-state index contributed by atoms with van der Waals surface area (Å²) in [6.07, 6.45) is 0.0834. The van der Waals surface area contributed by atoms with Crippen LogP contribution in [0.15, 0.2) is 48.5 Å². The van der Waals surface area contributed by atoms with Crippen LogP contribution in [-0.4, -0.2) is 37.9 Å². The fraction of sp³-hybridized carbons (Fsp3) is 0.286. The largest absolute Gasteiger partial charge is 0.497 e. The Balaban J connectivity index is 1.57. The first-order valence-corrected chi connectivity index (χ1v) is 8.69. The number of hydrogen-bond donors (Lipinski definition) is 0. The zero-order valence-electron chi connectivity index (χ0n) is 15.3. The molecule has 1 aliphatic heterocycles. The van der Waals surface area contributed by atoms with Gasteiger partial charge in [-0.3, -0.25) is 14.4 Å². The van der Waals surface area contributed by atoms with Gasteiger partial charge in [0, 0.05) is 24.2 Å². The second-order valence-electron chi connectivity index (χ2n) is 6.50. The van der Waals surface area contributed by atoms with Crippen LogP contribution in [0.4, 0.5) is 5.69 Å². The van der Waals surface area contributed by atoms with Gasteiger partial charge in [-0.15, -0.1) is 0 Å². The normalized spacial score (nSPS) is 16.3. The number of methoxy groups -OCH3 is 1. The lowest BCUT2D eigenvalue weighted by molar-refractivity contribution is -0.147. The van der Waals surface area contributed by atoms with Gasteiger partial charge in [-0.2, -0.15) is 0 Å². The third kappa shape index (κ3) is 4.34. The first kappa shape index (κ1) is 18.6. The summed E-state index contributed by atoms with van der Waals surface area (Å²) in [5.74, 6) is -0.990. The molecule has 0 N–H and O–H groups in total. The maximum Gasteiger partial charge on any atom is 0.311 e. The van der Waals surface area contributed by atoms with E-state index in [1.54, 1.807) is 29.2 Å². The molecule has 6 nitrogen and oxygen atoms in total. The maximum atomic E-state index is 12.3. The number of ketones is 1. The highest BCUT2D eigenvalue weighted by Gasteiger charge is 2.36. The Hall–Kier alpha value is -3.15. The highest BCUT2D eigenvalue weighted by Crippen LogP contribution is 2.26. The van der Waals surface area contributed by atoms with E-state index in [-0.39, 0.29) is 31.3 Å². The molecule has 0 radical (unpaired) electrons. The average Bonchev–Trinajstić information content (AvgIpc) is 3.08. The van der Waals surface area contributed by atoms with Crippen LogP contribution in [0.25, 0.3) is 0 Å². The predicted octanol–water partition coefficient (Wildman–Crippen LogP) is 2.78. The molecule has 1 heterocycles. The second kappa shape index (κ2) is 8.03. The molecule has 0 bridgehead atoms. The van der Waals surface area contributed by atoms with Gasteiger partial charge in [-0.05, 0) is 31.2 Å². The molecule has 0 saturated carbocycles. The monoisotopic (exact) mass is 367 g/mol. The Kier molecular flexibility index (Phi) is 5.54. The number of carbonyl (C=O) groups excluding carboxylic acids is 3. The molecule has 0 aliphatic carbocycles. The van der Waals surface area contributed by atoms with Gasteiger partial charge in [0.15, 0.2) is 12.4 Å². The molecule has 1 atom stereocenters. The smallest absolute Gasteiger partial charge is 0.311 e. The lowest BCUT2D eigenvalue weighted by Crippen LogP contribution is -2.27. The summed E-state index contributed by atoms with van der Waals surface area (Å²) >= 11 is 0. The quantitative estimate of drug-likeness (QED) is 0.580. The van der Waals surface area contributed by atoms with Gasteiger partial charge in [0.1, 0.15) is 5.75 Å². The van der Waals surface area contributed by atoms with Gasteiger partial charge in [-0.1, -0.05) is 29.8 Å². The number of ether oxygens (including phenoxy) is 2. The van der Waals surface area contributed by atoms with Crippen molar-refractivity contribution in [2.75, 3.05) is 25.2 Å². The summed E-state index contributed by atoms with van der Waals surface area (Å²) in [5, 5.41) is 0. The van der Waals surface area contributed by atoms with E-state index in [9.17, 15) is 14.4 Å². The molecule has 0 unspecified atom stereocenters. The zero-order valence-corrected chi connectivity index (χ0v) is 15.3. The zero-order chi connectivity index (χ0) is 19.4. The first-order chi connectivity index (χ1) is 13.0. The van der Waals surface area contributed by atoms with Gasteiger partial charge in [-0.25, -0.2) is 0 Å². The second-order valence-corrected chi connectivity index (χ2v) is 6.50. The maximum absolute atomic E-state index is 12.3. The number of aryl methyl sites for hydroxylation is 1. The summed E-state index contributed by atoms with van der Waals surface area (Å²) < 4.78 is 10.2. The molecule has 0 spiro atoms. The van der Waals surface area contributed by atoms with E-state index in [4.69, 9.17) is 9.47 Å². The summed E-state index contributed by atoms with van der Waals surface area (Å²) in [6, 6.07) is 14.2. The predicted molar refractivity (Wildman–Crippen MR) is 99.9 cm³/mol. The number of rotatable bonds is 6. The van der Waals surface area contributed by atoms with Crippen molar-refractivity contribution in [1.82, 2.24) is 0 Å². The van der Waals surface area contributed by atoms with Gasteiger partial charge in [0.25, 0.3) is 0 Å². The van der Waals surface area contributed by atoms with Gasteiger partial charge >= 0.3 is 5.97 Å². The minimum Gasteiger partial charge on any atom is -0.497 e. The lowest BCUT2D eigenvalue weighted by atomic mass is 10.1. The molecule has 2 aromatic rings. The van der Waals surface area contributed by atoms with Crippen molar-refractivity contribution < 1.29 is 23.9 Å². The van der Waals surface area contributed by atoms with Crippen LogP contribution in [0.1, 0.15) is 22.3 Å². The fourth-order valence-corrected chi connectivity index (χ4v) is 2.97. The molecule has 27 heavy (non-hydrogen) atoms. The first-order valence-electron chi connectivity index (χ1n) is 8.69. The molecule has 2 aromatic carbocycles. The summed E-state index contributed by atoms with van der Waals surface area (Å²) in [7, 11) is 1.51. The Morgan fingerprint density at radius 1 is 1.15 bits per heavy atom. The molecule has 1 aliphatic rings. The number of anilines is 1. The number of esters is 1. The Morgan fingerprint density at radius 3 is 2.59 bits per heavy atom. The number of carbonyl (C=O) groups is 3. The van der Waals surface area contributed by atoms with Crippen LogP contribution in [0.3, 0.4) is 0 Å². The van der Waals surface area contributed by atoms with E-state index in [0.29, 0.717) is 11.3 Å². The number of benzene rings is 2. The molecule has 0 aromatic heterocycles. The molecule has 3 rings (SSSR count). The third-order valence-corrected chi connectivity index (χ3v) is 4.54. The summed E-state index contributed by atoms with van der Waals surface area (Å²) in [4.78, 5) is 38.3. The highest BCUT2D eigenvalue weighted by atomic mass is 16.5. The minimum atomic E-state index is -0.572. The Labute approximate surface area is 157 Å². The molecule has 1 fully saturated rings. The van der Waals surface area contributed by atoms with Crippen molar-refractivity contribution in [2.45, 2.75) is 13.3 Å². The van der Waals surface area contributed by atoms with Crippen LogP contribution < -0.4 is 9.64 Å². The van der Waals surface area contributed by atoms with Crippen LogP contribution in [0, 0.1) is 12.8 Å². The molecule has 1 saturated heterocycles. The molecule has 140 valence electrons. The van der Waals surface area contributed by atoms with Crippen molar-refractivity contribution in [3.05, 3.63) is 59.7 Å². The van der Waals surface area contributed by atoms with Crippen LogP contribution in [0.5, 0.6) is 5.75 Å². The number of hydrogen-bond acceptors (Lipinski definition) is 5. The van der Waals surface area contributed by atoms with Crippen molar-refractivity contribution in [3.8, 4) is 5.75 Å². The SMILES string of the molecule is COc1cccc(C(=O)COC(=O)[C@H]2CC(=O)N(c3ccc(C)cc3)C2)c1. The highest BCUT2D eigenvalue weighted by molar-refractivity contribution is 6.01. The summed E-state index contributed by atoms with van der Waals surface area (Å²) in [5.41, 5.74) is 2.26. The number of nitrogens with zero attached hydrogens (tertiary/aromatic N) is 1. The van der Waals surface area contributed by atoms with E-state index >= 15 is 0 Å². The van der Waals surface area contributed by atoms with Gasteiger partial charge in [0.05, 0.1) is 13.0 Å². The van der Waals surface area contributed by atoms with Crippen molar-refractivity contribution in [1.29, 1.82) is 0 Å². The minimum absolute atomic E-state index is 0.0834. The molecular weight excluding hydrogens is 346 g/mol. The van der Waals surface area contributed by atoms with Crippen molar-refractivity contribution >= 4 is 23.3 Å². The third-order valence-electron chi connectivity index (χ3n) is 4.54.